The molecule has 0 saturated heterocycles. The summed E-state index contributed by atoms with van der Waals surface area (Å²) in [6.45, 7) is 0. The van der Waals surface area contributed by atoms with Crippen LogP contribution in [0.15, 0.2) is 36.5 Å². The molecule has 0 aliphatic carbocycles. The fourth-order valence-corrected chi connectivity index (χ4v) is 2.25. The number of hydrogen-bond donors (Lipinski definition) is 2. The second kappa shape index (κ2) is 5.57. The molecule has 0 fully saturated rings. The third-order valence-electron chi connectivity index (χ3n) is 2.70. The van der Waals surface area contributed by atoms with Gasteiger partial charge in [-0.1, -0.05) is 35.3 Å². The van der Waals surface area contributed by atoms with Crippen LogP contribution in [0.3, 0.4) is 0 Å². The number of aromatic nitrogens is 1. The predicted octanol–water partition coefficient (Wildman–Crippen LogP) is 3.28. The van der Waals surface area contributed by atoms with Gasteiger partial charge in [0.05, 0.1) is 11.1 Å². The lowest BCUT2D eigenvalue weighted by Crippen LogP contribution is -2.19. The van der Waals surface area contributed by atoms with Crippen LogP contribution in [0.2, 0.25) is 10.0 Å². The van der Waals surface area contributed by atoms with E-state index < -0.39 is 0 Å². The summed E-state index contributed by atoms with van der Waals surface area (Å²) >= 11 is 12.0. The van der Waals surface area contributed by atoms with Gasteiger partial charge in [0.2, 0.25) is 0 Å². The second-order valence-electron chi connectivity index (χ2n) is 3.90. The summed E-state index contributed by atoms with van der Waals surface area (Å²) < 4.78 is 0. The number of nitrogens with two attached hydrogens (primary N) is 1. The Bertz CT molecular complexity index is 558. The van der Waals surface area contributed by atoms with Crippen molar-refractivity contribution in [1.29, 1.82) is 0 Å². The maximum Gasteiger partial charge on any atom is 0.128 e. The second-order valence-corrected chi connectivity index (χ2v) is 4.78. The zero-order valence-electron chi connectivity index (χ0n) is 9.82. The Kier molecular flexibility index (Phi) is 4.07. The predicted molar refractivity (Wildman–Crippen MR) is 76.0 cm³/mol. The molecule has 0 saturated carbocycles. The zero-order valence-corrected chi connectivity index (χ0v) is 11.3. The minimum atomic E-state index is -0.0881. The van der Waals surface area contributed by atoms with Crippen LogP contribution in [0, 0.1) is 0 Å². The lowest BCUT2D eigenvalue weighted by atomic mass is 9.99. The van der Waals surface area contributed by atoms with Crippen molar-refractivity contribution in [1.82, 2.24) is 10.3 Å². The highest BCUT2D eigenvalue weighted by Gasteiger charge is 2.16. The molecule has 1 atom stereocenters. The number of nitrogens with zero attached hydrogens (tertiary/aromatic N) is 1. The molecule has 2 rings (SSSR count). The SMILES string of the molecule is CNC(c1cccc(Cl)c1)c1cc(Cl)cnc1N. The number of halogens is 2. The van der Waals surface area contributed by atoms with Crippen molar-refractivity contribution >= 4 is 29.0 Å². The first-order valence-electron chi connectivity index (χ1n) is 5.45. The summed E-state index contributed by atoms with van der Waals surface area (Å²) in [5, 5.41) is 4.43. The van der Waals surface area contributed by atoms with E-state index in [1.807, 2.05) is 37.4 Å². The molecule has 0 aliphatic heterocycles. The number of nitrogens with one attached hydrogen (secondary N) is 1. The average molecular weight is 282 g/mol. The lowest BCUT2D eigenvalue weighted by molar-refractivity contribution is 0.691. The van der Waals surface area contributed by atoms with Gasteiger partial charge in [0.1, 0.15) is 5.82 Å². The van der Waals surface area contributed by atoms with Crippen molar-refractivity contribution in [2.24, 2.45) is 0 Å². The van der Waals surface area contributed by atoms with E-state index in [2.05, 4.69) is 10.3 Å². The van der Waals surface area contributed by atoms with E-state index in [4.69, 9.17) is 28.9 Å². The molecule has 0 spiro atoms. The quantitative estimate of drug-likeness (QED) is 0.908. The molecule has 18 heavy (non-hydrogen) atoms. The molecule has 0 radical (unpaired) electrons. The highest BCUT2D eigenvalue weighted by Crippen LogP contribution is 2.28. The van der Waals surface area contributed by atoms with Gasteiger partial charge in [-0.3, -0.25) is 0 Å². The van der Waals surface area contributed by atoms with Crippen LogP contribution in [-0.4, -0.2) is 12.0 Å². The first kappa shape index (κ1) is 13.1. The van der Waals surface area contributed by atoms with Crippen molar-refractivity contribution in [2.45, 2.75) is 6.04 Å². The highest BCUT2D eigenvalue weighted by atomic mass is 35.5. The first-order valence-corrected chi connectivity index (χ1v) is 6.21. The minimum absolute atomic E-state index is 0.0881. The molecule has 0 aliphatic rings. The van der Waals surface area contributed by atoms with E-state index >= 15 is 0 Å². The van der Waals surface area contributed by atoms with E-state index in [1.54, 1.807) is 0 Å². The van der Waals surface area contributed by atoms with E-state index in [9.17, 15) is 0 Å². The molecule has 1 heterocycles. The van der Waals surface area contributed by atoms with Crippen molar-refractivity contribution in [3.05, 3.63) is 57.7 Å². The Morgan fingerprint density at radius 3 is 2.67 bits per heavy atom. The van der Waals surface area contributed by atoms with E-state index in [-0.39, 0.29) is 6.04 Å². The maximum atomic E-state index is 6.00. The van der Waals surface area contributed by atoms with Gasteiger partial charge in [-0.2, -0.15) is 0 Å². The normalized spacial score (nSPS) is 12.4. The monoisotopic (exact) mass is 281 g/mol. The molecular weight excluding hydrogens is 269 g/mol. The summed E-state index contributed by atoms with van der Waals surface area (Å²) in [5.74, 6) is 0.457. The van der Waals surface area contributed by atoms with Gasteiger partial charge in [-0.25, -0.2) is 4.98 Å². The molecule has 0 amide bonds. The molecule has 3 nitrogen and oxygen atoms in total. The number of benzene rings is 1. The van der Waals surface area contributed by atoms with Crippen LogP contribution in [0.1, 0.15) is 17.2 Å². The van der Waals surface area contributed by atoms with Crippen LogP contribution in [0.4, 0.5) is 5.82 Å². The van der Waals surface area contributed by atoms with E-state index in [0.29, 0.717) is 15.9 Å². The average Bonchev–Trinajstić information content (AvgIpc) is 2.35. The van der Waals surface area contributed by atoms with Gasteiger partial charge < -0.3 is 11.1 Å². The summed E-state index contributed by atoms with van der Waals surface area (Å²) in [6.07, 6.45) is 1.53. The van der Waals surface area contributed by atoms with Crippen LogP contribution in [-0.2, 0) is 0 Å². The minimum Gasteiger partial charge on any atom is -0.383 e. The first-order chi connectivity index (χ1) is 8.61. The highest BCUT2D eigenvalue weighted by molar-refractivity contribution is 6.31. The van der Waals surface area contributed by atoms with E-state index in [0.717, 1.165) is 11.1 Å². The molecular formula is C13H13Cl2N3. The molecule has 5 heteroatoms. The number of anilines is 1. The Labute approximate surface area is 116 Å². The van der Waals surface area contributed by atoms with Crippen molar-refractivity contribution in [3.8, 4) is 0 Å². The van der Waals surface area contributed by atoms with E-state index in [1.165, 1.54) is 6.20 Å². The summed E-state index contributed by atoms with van der Waals surface area (Å²) in [5.41, 5.74) is 7.75. The van der Waals surface area contributed by atoms with Gasteiger partial charge in [-0.15, -0.1) is 0 Å². The number of nitrogen functional groups attached to an aromatic ring is 1. The van der Waals surface area contributed by atoms with Crippen LogP contribution in [0.25, 0.3) is 0 Å². The fourth-order valence-electron chi connectivity index (χ4n) is 1.88. The largest absolute Gasteiger partial charge is 0.383 e. The molecule has 0 bridgehead atoms. The molecule has 1 aromatic carbocycles. The van der Waals surface area contributed by atoms with Crippen LogP contribution < -0.4 is 11.1 Å². The molecule has 94 valence electrons. The van der Waals surface area contributed by atoms with Gasteiger partial charge >= 0.3 is 0 Å². The smallest absolute Gasteiger partial charge is 0.128 e. The molecule has 3 N–H and O–H groups in total. The molecule has 2 aromatic rings. The third kappa shape index (κ3) is 2.75. The van der Waals surface area contributed by atoms with Crippen LogP contribution >= 0.6 is 23.2 Å². The Morgan fingerprint density at radius 1 is 1.22 bits per heavy atom. The lowest BCUT2D eigenvalue weighted by Gasteiger charge is -2.19. The summed E-state index contributed by atoms with van der Waals surface area (Å²) in [7, 11) is 1.85. The van der Waals surface area contributed by atoms with Crippen molar-refractivity contribution in [2.75, 3.05) is 12.8 Å². The Hall–Kier alpha value is -1.29. The Morgan fingerprint density at radius 2 is 2.00 bits per heavy atom. The van der Waals surface area contributed by atoms with Crippen molar-refractivity contribution in [3.63, 3.8) is 0 Å². The zero-order chi connectivity index (χ0) is 13.1. The topological polar surface area (TPSA) is 50.9 Å². The molecule has 1 aromatic heterocycles. The molecule has 1 unspecified atom stereocenters. The van der Waals surface area contributed by atoms with Gasteiger partial charge in [0, 0.05) is 16.8 Å². The summed E-state index contributed by atoms with van der Waals surface area (Å²) in [4.78, 5) is 4.07. The maximum absolute atomic E-state index is 6.00. The van der Waals surface area contributed by atoms with Crippen molar-refractivity contribution < 1.29 is 0 Å². The third-order valence-corrected chi connectivity index (χ3v) is 3.14. The van der Waals surface area contributed by atoms with Gasteiger partial charge in [0.15, 0.2) is 0 Å². The van der Waals surface area contributed by atoms with Gasteiger partial charge in [-0.05, 0) is 30.8 Å². The number of rotatable bonds is 3. The summed E-state index contributed by atoms with van der Waals surface area (Å²) in [6, 6.07) is 9.32. The van der Waals surface area contributed by atoms with Gasteiger partial charge in [0.25, 0.3) is 0 Å². The standard InChI is InChI=1S/C13H13Cl2N3/c1-17-12(8-3-2-4-9(14)5-8)11-6-10(15)7-18-13(11)16/h2-7,12,17H,1H3,(H2,16,18). The number of pyridine rings is 1. The Balaban J connectivity index is 2.48. The van der Waals surface area contributed by atoms with Crippen LogP contribution in [0.5, 0.6) is 0 Å². The number of hydrogen-bond acceptors (Lipinski definition) is 3. The fraction of sp³-hybridized carbons (Fsp3) is 0.154.